The molecule has 0 radical (unpaired) electrons. The van der Waals surface area contributed by atoms with Gasteiger partial charge in [0.15, 0.2) is 0 Å². The van der Waals surface area contributed by atoms with Crippen LogP contribution in [0.2, 0.25) is 0 Å². The lowest BCUT2D eigenvalue weighted by Crippen LogP contribution is -2.35. The smallest absolute Gasteiger partial charge is 0.278 e. The third kappa shape index (κ3) is 4.33. The largest absolute Gasteiger partial charge is 0.362 e. The molecule has 0 bridgehead atoms. The van der Waals surface area contributed by atoms with Crippen molar-refractivity contribution >= 4 is 29.0 Å². The summed E-state index contributed by atoms with van der Waals surface area (Å²) in [5.41, 5.74) is 3.07. The van der Waals surface area contributed by atoms with E-state index in [1.54, 1.807) is 30.3 Å². The van der Waals surface area contributed by atoms with Gasteiger partial charge in [-0.05, 0) is 30.2 Å². The Morgan fingerprint density at radius 3 is 2.30 bits per heavy atom. The highest BCUT2D eigenvalue weighted by Crippen LogP contribution is 2.33. The molecule has 154 valence electrons. The van der Waals surface area contributed by atoms with Crippen molar-refractivity contribution in [2.24, 2.45) is 0 Å². The highest BCUT2D eigenvalue weighted by atomic mass is 16.2. The molecule has 2 aromatic carbocycles. The highest BCUT2D eigenvalue weighted by molar-refractivity contribution is 6.35. The van der Waals surface area contributed by atoms with Crippen LogP contribution in [-0.4, -0.2) is 40.6 Å². The van der Waals surface area contributed by atoms with Gasteiger partial charge in [-0.1, -0.05) is 48.5 Å². The van der Waals surface area contributed by atoms with E-state index in [9.17, 15) is 14.4 Å². The molecule has 30 heavy (non-hydrogen) atoms. The van der Waals surface area contributed by atoms with E-state index >= 15 is 0 Å². The van der Waals surface area contributed by atoms with Gasteiger partial charge in [0.05, 0.1) is 5.57 Å². The molecule has 3 rings (SSSR count). The second-order valence-electron chi connectivity index (χ2n) is 6.99. The molecule has 0 unspecified atom stereocenters. The fourth-order valence-electron chi connectivity index (χ4n) is 3.49. The summed E-state index contributed by atoms with van der Waals surface area (Å²) in [6, 6.07) is 16.8. The van der Waals surface area contributed by atoms with Crippen LogP contribution in [0.4, 0.5) is 5.69 Å². The number of hydrogen-bond acceptors (Lipinski definition) is 4. The van der Waals surface area contributed by atoms with E-state index in [1.807, 2.05) is 42.2 Å². The summed E-state index contributed by atoms with van der Waals surface area (Å²) >= 11 is 0. The minimum absolute atomic E-state index is 0.150. The molecule has 0 atom stereocenters. The standard InChI is InChI=1S/C24H25N3O3/c1-4-15-27-23(29)21(19-11-13-20(14-12-19)25-17(3)28)22(24(27)30)26(5-2)16-18-9-7-6-8-10-18/h4,6-14H,1,5,15-16H2,2-3H3,(H,25,28). The van der Waals surface area contributed by atoms with Gasteiger partial charge in [-0.15, -0.1) is 6.58 Å². The molecule has 3 amide bonds. The molecular weight excluding hydrogens is 378 g/mol. The molecule has 6 heteroatoms. The van der Waals surface area contributed by atoms with Gasteiger partial charge in [0.2, 0.25) is 5.91 Å². The van der Waals surface area contributed by atoms with Crippen molar-refractivity contribution in [2.45, 2.75) is 20.4 Å². The second kappa shape index (κ2) is 9.22. The van der Waals surface area contributed by atoms with Crippen LogP contribution >= 0.6 is 0 Å². The van der Waals surface area contributed by atoms with Gasteiger partial charge in [0, 0.05) is 32.2 Å². The first kappa shape index (κ1) is 21.0. The first-order valence-corrected chi connectivity index (χ1v) is 9.84. The van der Waals surface area contributed by atoms with Crippen LogP contribution < -0.4 is 5.32 Å². The van der Waals surface area contributed by atoms with Gasteiger partial charge in [-0.25, -0.2) is 0 Å². The molecule has 1 heterocycles. The normalized spacial score (nSPS) is 13.6. The van der Waals surface area contributed by atoms with Gasteiger partial charge in [0.25, 0.3) is 11.8 Å². The SMILES string of the molecule is C=CCN1C(=O)C(c2ccc(NC(C)=O)cc2)=C(N(CC)Cc2ccccc2)C1=O. The van der Waals surface area contributed by atoms with Crippen molar-refractivity contribution in [1.82, 2.24) is 9.80 Å². The van der Waals surface area contributed by atoms with Crippen LogP contribution in [0.5, 0.6) is 0 Å². The zero-order valence-electron chi connectivity index (χ0n) is 17.2. The van der Waals surface area contributed by atoms with Crippen molar-refractivity contribution in [2.75, 3.05) is 18.4 Å². The van der Waals surface area contributed by atoms with E-state index in [0.29, 0.717) is 35.6 Å². The molecule has 1 aliphatic heterocycles. The van der Waals surface area contributed by atoms with Gasteiger partial charge in [-0.3, -0.25) is 19.3 Å². The van der Waals surface area contributed by atoms with E-state index in [4.69, 9.17) is 0 Å². The number of nitrogens with one attached hydrogen (secondary N) is 1. The maximum Gasteiger partial charge on any atom is 0.278 e. The van der Waals surface area contributed by atoms with E-state index in [1.165, 1.54) is 11.8 Å². The fraction of sp³-hybridized carbons (Fsp3) is 0.208. The third-order valence-electron chi connectivity index (χ3n) is 4.86. The summed E-state index contributed by atoms with van der Waals surface area (Å²) in [4.78, 5) is 40.8. The van der Waals surface area contributed by atoms with E-state index in [0.717, 1.165) is 5.56 Å². The number of nitrogens with zero attached hydrogens (tertiary/aromatic N) is 2. The molecule has 1 aliphatic rings. The molecular formula is C24H25N3O3. The van der Waals surface area contributed by atoms with Gasteiger partial charge < -0.3 is 10.2 Å². The number of hydrogen-bond donors (Lipinski definition) is 1. The maximum absolute atomic E-state index is 13.2. The van der Waals surface area contributed by atoms with E-state index < -0.39 is 0 Å². The molecule has 6 nitrogen and oxygen atoms in total. The molecule has 0 aromatic heterocycles. The maximum atomic E-state index is 13.2. The van der Waals surface area contributed by atoms with Gasteiger partial charge in [0.1, 0.15) is 5.70 Å². The van der Waals surface area contributed by atoms with Crippen LogP contribution in [-0.2, 0) is 20.9 Å². The summed E-state index contributed by atoms with van der Waals surface area (Å²) in [7, 11) is 0. The average molecular weight is 403 g/mol. The molecule has 2 aromatic rings. The lowest BCUT2D eigenvalue weighted by atomic mass is 10.0. The summed E-state index contributed by atoms with van der Waals surface area (Å²) in [5, 5.41) is 2.71. The molecule has 0 fully saturated rings. The Balaban J connectivity index is 2.05. The van der Waals surface area contributed by atoms with Crippen LogP contribution in [0, 0.1) is 0 Å². The van der Waals surface area contributed by atoms with Crippen LogP contribution in [0.1, 0.15) is 25.0 Å². The third-order valence-corrected chi connectivity index (χ3v) is 4.86. The Morgan fingerprint density at radius 1 is 1.07 bits per heavy atom. The minimum atomic E-state index is -0.339. The fourth-order valence-corrected chi connectivity index (χ4v) is 3.49. The van der Waals surface area contributed by atoms with Gasteiger partial charge in [-0.2, -0.15) is 0 Å². The van der Waals surface area contributed by atoms with Crippen LogP contribution in [0.3, 0.4) is 0 Å². The predicted molar refractivity (Wildman–Crippen MR) is 117 cm³/mol. The first-order valence-electron chi connectivity index (χ1n) is 9.84. The molecule has 0 saturated heterocycles. The molecule has 1 N–H and O–H groups in total. The van der Waals surface area contributed by atoms with Crippen LogP contribution in [0.15, 0.2) is 72.9 Å². The van der Waals surface area contributed by atoms with Crippen molar-refractivity contribution in [1.29, 1.82) is 0 Å². The summed E-state index contributed by atoms with van der Waals surface area (Å²) < 4.78 is 0. The van der Waals surface area contributed by atoms with Crippen molar-refractivity contribution in [3.8, 4) is 0 Å². The Bertz CT molecular complexity index is 994. The Hall–Kier alpha value is -3.67. The molecule has 0 saturated carbocycles. The zero-order valence-corrected chi connectivity index (χ0v) is 17.2. The molecule has 0 aliphatic carbocycles. The number of carbonyl (C=O) groups is 3. The number of anilines is 1. The van der Waals surface area contributed by atoms with Crippen molar-refractivity contribution in [3.05, 3.63) is 84.1 Å². The number of likely N-dealkylation sites (N-methyl/N-ethyl adjacent to an activating group) is 1. The topological polar surface area (TPSA) is 69.7 Å². The number of rotatable bonds is 8. The monoisotopic (exact) mass is 403 g/mol. The summed E-state index contributed by atoms with van der Waals surface area (Å²) in [6.07, 6.45) is 1.55. The van der Waals surface area contributed by atoms with E-state index in [2.05, 4.69) is 11.9 Å². The van der Waals surface area contributed by atoms with Gasteiger partial charge >= 0.3 is 0 Å². The summed E-state index contributed by atoms with van der Waals surface area (Å²) in [5.74, 6) is -0.834. The first-order chi connectivity index (χ1) is 14.5. The zero-order chi connectivity index (χ0) is 21.7. The molecule has 0 spiro atoms. The summed E-state index contributed by atoms with van der Waals surface area (Å²) in [6.45, 7) is 8.30. The minimum Gasteiger partial charge on any atom is -0.362 e. The quantitative estimate of drug-likeness (QED) is 0.542. The van der Waals surface area contributed by atoms with Crippen LogP contribution in [0.25, 0.3) is 5.57 Å². The average Bonchev–Trinajstić information content (AvgIpc) is 2.98. The number of benzene rings is 2. The van der Waals surface area contributed by atoms with Crippen molar-refractivity contribution < 1.29 is 14.4 Å². The Labute approximate surface area is 176 Å². The number of carbonyl (C=O) groups excluding carboxylic acids is 3. The lowest BCUT2D eigenvalue weighted by Gasteiger charge is -2.24. The second-order valence-corrected chi connectivity index (χ2v) is 6.99. The highest BCUT2D eigenvalue weighted by Gasteiger charge is 2.40. The number of imide groups is 1. The number of amides is 3. The van der Waals surface area contributed by atoms with Crippen molar-refractivity contribution in [3.63, 3.8) is 0 Å². The Kier molecular flexibility index (Phi) is 6.47. The predicted octanol–water partition coefficient (Wildman–Crippen LogP) is 3.43. The van der Waals surface area contributed by atoms with E-state index in [-0.39, 0.29) is 24.3 Å². The Morgan fingerprint density at radius 2 is 1.73 bits per heavy atom. The lowest BCUT2D eigenvalue weighted by molar-refractivity contribution is -0.137.